The van der Waals surface area contributed by atoms with Crippen molar-refractivity contribution in [2.45, 2.75) is 19.9 Å². The molecular weight excluding hydrogens is 384 g/mol. The molecule has 8 heteroatoms. The van der Waals surface area contributed by atoms with Crippen molar-refractivity contribution < 1.29 is 19.1 Å². The highest BCUT2D eigenvalue weighted by Gasteiger charge is 2.21. The Labute approximate surface area is 175 Å². The Morgan fingerprint density at radius 1 is 1.10 bits per heavy atom. The molecule has 3 rings (SSSR count). The Morgan fingerprint density at radius 2 is 1.77 bits per heavy atom. The first-order valence-electron chi connectivity index (χ1n) is 9.61. The summed E-state index contributed by atoms with van der Waals surface area (Å²) in [7, 11) is 6.30. The fourth-order valence-electron chi connectivity index (χ4n) is 3.31. The molecule has 0 atom stereocenters. The number of ether oxygens (including phenoxy) is 2. The maximum atomic E-state index is 12.9. The lowest BCUT2D eigenvalue weighted by Gasteiger charge is -2.18. The van der Waals surface area contributed by atoms with E-state index in [2.05, 4.69) is 10.3 Å². The van der Waals surface area contributed by atoms with Crippen LogP contribution in [-0.2, 0) is 17.8 Å². The van der Waals surface area contributed by atoms with Gasteiger partial charge in [0.1, 0.15) is 12.4 Å². The van der Waals surface area contributed by atoms with Gasteiger partial charge in [0.2, 0.25) is 5.91 Å². The molecule has 0 unspecified atom stereocenters. The third-order valence-corrected chi connectivity index (χ3v) is 4.79. The normalized spacial score (nSPS) is 10.7. The highest BCUT2D eigenvalue weighted by atomic mass is 16.5. The predicted molar refractivity (Wildman–Crippen MR) is 115 cm³/mol. The van der Waals surface area contributed by atoms with Crippen LogP contribution in [0.5, 0.6) is 11.5 Å². The molecule has 0 fully saturated rings. The highest BCUT2D eigenvalue weighted by molar-refractivity contribution is 6.04. The maximum absolute atomic E-state index is 12.9. The largest absolute Gasteiger partial charge is 0.493 e. The van der Waals surface area contributed by atoms with E-state index in [0.717, 1.165) is 16.9 Å². The minimum absolute atomic E-state index is 0.0770. The van der Waals surface area contributed by atoms with Crippen LogP contribution >= 0.6 is 0 Å². The smallest absolute Gasteiger partial charge is 0.255 e. The number of hydrogen-bond acceptors (Lipinski definition) is 5. The number of anilines is 1. The van der Waals surface area contributed by atoms with Crippen LogP contribution in [0.15, 0.2) is 36.4 Å². The molecule has 0 aliphatic rings. The minimum Gasteiger partial charge on any atom is -0.493 e. The van der Waals surface area contributed by atoms with Crippen molar-refractivity contribution in [2.24, 2.45) is 0 Å². The van der Waals surface area contributed by atoms with Gasteiger partial charge in [0, 0.05) is 26.6 Å². The molecule has 0 saturated carbocycles. The lowest BCUT2D eigenvalue weighted by molar-refractivity contribution is -0.116. The molecule has 0 saturated heterocycles. The van der Waals surface area contributed by atoms with Gasteiger partial charge in [0.05, 0.1) is 36.5 Å². The second-order valence-electron chi connectivity index (χ2n) is 6.96. The van der Waals surface area contributed by atoms with Crippen LogP contribution in [0.3, 0.4) is 0 Å². The van der Waals surface area contributed by atoms with E-state index in [0.29, 0.717) is 29.2 Å². The van der Waals surface area contributed by atoms with E-state index in [1.54, 1.807) is 26.2 Å². The van der Waals surface area contributed by atoms with E-state index in [-0.39, 0.29) is 18.4 Å². The van der Waals surface area contributed by atoms with Gasteiger partial charge in [-0.1, -0.05) is 19.1 Å². The summed E-state index contributed by atoms with van der Waals surface area (Å²) in [6.45, 7) is 2.07. The molecule has 1 N–H and O–H groups in total. The summed E-state index contributed by atoms with van der Waals surface area (Å²) < 4.78 is 12.5. The zero-order valence-electron chi connectivity index (χ0n) is 17.9. The number of hydrogen-bond donors (Lipinski definition) is 1. The Hall–Kier alpha value is -3.55. The average Bonchev–Trinajstić information content (AvgIpc) is 3.10. The fraction of sp³-hybridized carbons (Fsp3) is 0.318. The van der Waals surface area contributed by atoms with E-state index in [1.165, 1.54) is 19.1 Å². The highest BCUT2D eigenvalue weighted by Crippen LogP contribution is 2.34. The Morgan fingerprint density at radius 3 is 2.40 bits per heavy atom. The zero-order chi connectivity index (χ0) is 21.8. The molecule has 0 radical (unpaired) electrons. The molecular formula is C22H26N4O4. The lowest BCUT2D eigenvalue weighted by Crippen LogP contribution is -2.25. The molecule has 2 amide bonds. The number of fused-ring (bicyclic) bond motifs is 1. The number of amides is 2. The van der Waals surface area contributed by atoms with Gasteiger partial charge in [0.15, 0.2) is 11.5 Å². The molecule has 1 heterocycles. The molecule has 1 aromatic heterocycles. The van der Waals surface area contributed by atoms with E-state index in [1.807, 2.05) is 35.8 Å². The van der Waals surface area contributed by atoms with Gasteiger partial charge < -0.3 is 24.3 Å². The molecule has 3 aromatic rings. The first-order valence-corrected chi connectivity index (χ1v) is 9.61. The number of para-hydroxylation sites is 2. The SMILES string of the molecule is CCc1nc2ccccc2n1CC(=O)Nc1cc(OC)c(OC)cc1C(=O)N(C)C. The van der Waals surface area contributed by atoms with Crippen molar-refractivity contribution >= 4 is 28.5 Å². The number of imidazole rings is 1. The van der Waals surface area contributed by atoms with Gasteiger partial charge >= 0.3 is 0 Å². The summed E-state index contributed by atoms with van der Waals surface area (Å²) >= 11 is 0. The van der Waals surface area contributed by atoms with Crippen molar-refractivity contribution in [3.63, 3.8) is 0 Å². The van der Waals surface area contributed by atoms with Crippen molar-refractivity contribution in [2.75, 3.05) is 33.6 Å². The maximum Gasteiger partial charge on any atom is 0.255 e. The molecule has 2 aromatic carbocycles. The Kier molecular flexibility index (Phi) is 6.25. The number of benzene rings is 2. The summed E-state index contributed by atoms with van der Waals surface area (Å²) in [6, 6.07) is 10.9. The average molecular weight is 410 g/mol. The summed E-state index contributed by atoms with van der Waals surface area (Å²) in [4.78, 5) is 31.6. The first kappa shape index (κ1) is 21.2. The molecule has 158 valence electrons. The molecule has 8 nitrogen and oxygen atoms in total. The van der Waals surface area contributed by atoms with Crippen LogP contribution < -0.4 is 14.8 Å². The van der Waals surface area contributed by atoms with Crippen molar-refractivity contribution in [3.05, 3.63) is 47.8 Å². The van der Waals surface area contributed by atoms with Gasteiger partial charge in [-0.2, -0.15) is 0 Å². The van der Waals surface area contributed by atoms with E-state index in [4.69, 9.17) is 9.47 Å². The van der Waals surface area contributed by atoms with Crippen molar-refractivity contribution in [3.8, 4) is 11.5 Å². The number of aromatic nitrogens is 2. The quantitative estimate of drug-likeness (QED) is 0.647. The predicted octanol–water partition coefficient (Wildman–Crippen LogP) is 2.96. The summed E-state index contributed by atoms with van der Waals surface area (Å²) in [5, 5.41) is 2.86. The summed E-state index contributed by atoms with van der Waals surface area (Å²) in [5.74, 6) is 1.13. The molecule has 30 heavy (non-hydrogen) atoms. The van der Waals surface area contributed by atoms with Gasteiger partial charge in [-0.3, -0.25) is 9.59 Å². The third kappa shape index (κ3) is 4.07. The van der Waals surface area contributed by atoms with Crippen LogP contribution in [0.25, 0.3) is 11.0 Å². The Balaban J connectivity index is 1.96. The molecule has 0 aliphatic heterocycles. The van der Waals surface area contributed by atoms with E-state index in [9.17, 15) is 9.59 Å². The standard InChI is InChI=1S/C22H26N4O4/c1-6-20-23-15-9-7-8-10-17(15)26(20)13-21(27)24-16-12-19(30-5)18(29-4)11-14(16)22(28)25(2)3/h7-12H,6,13H2,1-5H3,(H,24,27). The van der Waals surface area contributed by atoms with E-state index < -0.39 is 0 Å². The Bertz CT molecular complexity index is 1090. The van der Waals surface area contributed by atoms with Gasteiger partial charge in [0.25, 0.3) is 5.91 Å². The number of nitrogens with zero attached hydrogens (tertiary/aromatic N) is 3. The molecule has 0 bridgehead atoms. The number of nitrogens with one attached hydrogen (secondary N) is 1. The molecule has 0 aliphatic carbocycles. The van der Waals surface area contributed by atoms with Gasteiger partial charge in [-0.05, 0) is 18.2 Å². The van der Waals surface area contributed by atoms with Gasteiger partial charge in [-0.15, -0.1) is 0 Å². The number of rotatable bonds is 7. The number of aryl methyl sites for hydroxylation is 1. The van der Waals surface area contributed by atoms with Crippen LogP contribution in [0.1, 0.15) is 23.1 Å². The lowest BCUT2D eigenvalue weighted by atomic mass is 10.1. The summed E-state index contributed by atoms with van der Waals surface area (Å²) in [6.07, 6.45) is 0.697. The number of carbonyl (C=O) groups excluding carboxylic acids is 2. The number of methoxy groups -OCH3 is 2. The first-order chi connectivity index (χ1) is 14.4. The minimum atomic E-state index is -0.270. The number of carbonyl (C=O) groups is 2. The van der Waals surface area contributed by atoms with Crippen LogP contribution in [0.4, 0.5) is 5.69 Å². The topological polar surface area (TPSA) is 85.7 Å². The molecule has 0 spiro atoms. The van der Waals surface area contributed by atoms with Crippen LogP contribution in [0, 0.1) is 0 Å². The van der Waals surface area contributed by atoms with Crippen molar-refractivity contribution in [1.29, 1.82) is 0 Å². The zero-order valence-corrected chi connectivity index (χ0v) is 17.9. The monoisotopic (exact) mass is 410 g/mol. The van der Waals surface area contributed by atoms with Crippen LogP contribution in [-0.4, -0.2) is 54.6 Å². The third-order valence-electron chi connectivity index (χ3n) is 4.79. The van der Waals surface area contributed by atoms with Gasteiger partial charge in [-0.25, -0.2) is 4.98 Å². The summed E-state index contributed by atoms with van der Waals surface area (Å²) in [5.41, 5.74) is 2.41. The fourth-order valence-corrected chi connectivity index (χ4v) is 3.31. The van der Waals surface area contributed by atoms with E-state index >= 15 is 0 Å². The van der Waals surface area contributed by atoms with Crippen LogP contribution in [0.2, 0.25) is 0 Å². The second-order valence-corrected chi connectivity index (χ2v) is 6.96. The van der Waals surface area contributed by atoms with Crippen molar-refractivity contribution in [1.82, 2.24) is 14.5 Å². The second kappa shape index (κ2) is 8.86.